The molecule has 1 atom stereocenters. The van der Waals surface area contributed by atoms with Crippen molar-refractivity contribution in [3.63, 3.8) is 0 Å². The van der Waals surface area contributed by atoms with Crippen LogP contribution in [0.15, 0.2) is 18.2 Å². The van der Waals surface area contributed by atoms with Gasteiger partial charge >= 0.3 is 144 Å². The third-order valence-electron chi connectivity index (χ3n) is 3.79. The Kier molecular flexibility index (Phi) is 5.48. The van der Waals surface area contributed by atoms with Crippen molar-refractivity contribution in [3.8, 4) is 12.0 Å². The van der Waals surface area contributed by atoms with E-state index in [9.17, 15) is 18.5 Å². The Hall–Kier alpha value is -2.81. The number of sulfonamides is 1. The molecule has 1 aliphatic heterocycles. The van der Waals surface area contributed by atoms with Crippen LogP contribution in [0.25, 0.3) is 0 Å². The van der Waals surface area contributed by atoms with Crippen LogP contribution >= 0.6 is 0 Å². The predicted octanol–water partition coefficient (Wildman–Crippen LogP) is -0.115. The number of ether oxygens (including phenoxy) is 1. The van der Waals surface area contributed by atoms with Crippen LogP contribution in [0.5, 0.6) is 5.75 Å². The van der Waals surface area contributed by atoms with Crippen LogP contribution in [-0.2, 0) is 14.7 Å². The van der Waals surface area contributed by atoms with Gasteiger partial charge in [0.2, 0.25) is 0 Å². The normalized spacial score (nSPS) is 16.6. The minimum absolute atomic E-state index is 0.137. The van der Waals surface area contributed by atoms with Crippen LogP contribution in [0, 0.1) is 21.6 Å². The summed E-state index contributed by atoms with van der Waals surface area (Å²) in [5.74, 6) is -0.376. The zero-order chi connectivity index (χ0) is 18.6. The number of fused-ring (bicyclic) bond motifs is 1. The van der Waals surface area contributed by atoms with Crippen molar-refractivity contribution < 1.29 is 22.7 Å². The SMILES string of the molecule is CN(C(N)=BOC#N)S(=O)(=O)CC1CCOc2ccc([N+](=O)[O-])cc21. The van der Waals surface area contributed by atoms with Crippen molar-refractivity contribution in [2.45, 2.75) is 12.3 Å². The standard InChI is InChI=1S/C13H15BN4O6S/c1-17(13(16)14-24-8-15)25(21,22)7-9-4-5-23-12-3-2-10(18(19)20)6-11(9)12/h2-3,6,9H,4-5,7,16H2,1H3. The number of hydrogen-bond acceptors (Lipinski definition) is 8. The Balaban J connectivity index is 2.28. The molecule has 1 aliphatic rings. The molecule has 1 unspecified atom stereocenters. The second-order valence-corrected chi connectivity index (χ2v) is 7.36. The first kappa shape index (κ1) is 18.5. The van der Waals surface area contributed by atoms with Crippen LogP contribution in [-0.4, -0.2) is 49.9 Å². The number of nitrogens with zero attached hydrogens (tertiary/aromatic N) is 3. The Bertz CT molecular complexity index is 851. The van der Waals surface area contributed by atoms with Crippen LogP contribution in [0.4, 0.5) is 5.69 Å². The van der Waals surface area contributed by atoms with Gasteiger partial charge in [0, 0.05) is 0 Å². The van der Waals surface area contributed by atoms with E-state index in [1.54, 1.807) is 0 Å². The number of nitro groups is 1. The fourth-order valence-corrected chi connectivity index (χ4v) is 3.87. The third kappa shape index (κ3) is 4.19. The van der Waals surface area contributed by atoms with Crippen molar-refractivity contribution in [2.75, 3.05) is 19.4 Å². The van der Waals surface area contributed by atoms with E-state index in [-0.39, 0.29) is 17.2 Å². The summed E-state index contributed by atoms with van der Waals surface area (Å²) in [4.78, 5) is 10.4. The molecule has 2 N–H and O–H groups in total. The van der Waals surface area contributed by atoms with Crippen molar-refractivity contribution in [3.05, 3.63) is 33.9 Å². The second-order valence-electron chi connectivity index (χ2n) is 5.31. The molecule has 0 amide bonds. The van der Waals surface area contributed by atoms with E-state index in [0.717, 1.165) is 11.4 Å². The quantitative estimate of drug-likeness (QED) is 0.317. The number of rotatable bonds is 6. The van der Waals surface area contributed by atoms with Crippen molar-refractivity contribution >= 4 is 28.5 Å². The summed E-state index contributed by atoms with van der Waals surface area (Å²) in [6.07, 6.45) is 1.75. The van der Waals surface area contributed by atoms with Gasteiger partial charge in [0.05, 0.1) is 0 Å². The summed E-state index contributed by atoms with van der Waals surface area (Å²) in [5.41, 5.74) is 5.64. The van der Waals surface area contributed by atoms with Crippen LogP contribution < -0.4 is 10.5 Å². The van der Waals surface area contributed by atoms with Gasteiger partial charge in [-0.1, -0.05) is 0 Å². The van der Waals surface area contributed by atoms with Crippen LogP contribution in [0.1, 0.15) is 17.9 Å². The number of nitrogens with two attached hydrogens (primary N) is 1. The first-order valence-electron chi connectivity index (χ1n) is 7.14. The summed E-state index contributed by atoms with van der Waals surface area (Å²) in [6, 6.07) is 4.10. The molecule has 0 radical (unpaired) electrons. The Morgan fingerprint density at radius 2 is 2.36 bits per heavy atom. The van der Waals surface area contributed by atoms with E-state index in [1.165, 1.54) is 31.5 Å². The molecular weight excluding hydrogens is 351 g/mol. The van der Waals surface area contributed by atoms with Crippen LogP contribution in [0.2, 0.25) is 0 Å². The number of nitriles is 1. The molecule has 2 rings (SSSR count). The molecule has 1 heterocycles. The van der Waals surface area contributed by atoms with E-state index in [0.29, 0.717) is 24.3 Å². The molecular formula is C13H15BN4O6S. The van der Waals surface area contributed by atoms with E-state index in [4.69, 9.17) is 15.7 Å². The summed E-state index contributed by atoms with van der Waals surface area (Å²) < 4.78 is 35.6. The molecule has 12 heteroatoms. The fourth-order valence-electron chi connectivity index (χ4n) is 2.43. The number of hydrogen-bond donors (Lipinski definition) is 1. The molecule has 0 bridgehead atoms. The number of benzene rings is 1. The summed E-state index contributed by atoms with van der Waals surface area (Å²) in [5, 5.41) is 19.3. The molecule has 0 spiro atoms. The second kappa shape index (κ2) is 7.39. The van der Waals surface area contributed by atoms with Gasteiger partial charge in [-0.2, -0.15) is 0 Å². The van der Waals surface area contributed by atoms with E-state index < -0.39 is 20.9 Å². The molecule has 132 valence electrons. The maximum atomic E-state index is 12.5. The molecule has 0 aromatic heterocycles. The summed E-state index contributed by atoms with van der Waals surface area (Å²) in [6.45, 7) is 0.303. The van der Waals surface area contributed by atoms with Crippen molar-refractivity contribution in [1.29, 1.82) is 5.26 Å². The number of non-ortho nitro benzene ring substituents is 1. The zero-order valence-corrected chi connectivity index (χ0v) is 14.1. The molecule has 0 saturated heterocycles. The zero-order valence-electron chi connectivity index (χ0n) is 13.3. The van der Waals surface area contributed by atoms with E-state index >= 15 is 0 Å². The van der Waals surface area contributed by atoms with E-state index in [2.05, 4.69) is 4.65 Å². The van der Waals surface area contributed by atoms with Gasteiger partial charge in [-0.25, -0.2) is 0 Å². The first-order chi connectivity index (χ1) is 11.8. The summed E-state index contributed by atoms with van der Waals surface area (Å²) in [7, 11) is -1.79. The fraction of sp³-hybridized carbons (Fsp3) is 0.385. The van der Waals surface area contributed by atoms with Crippen molar-refractivity contribution in [1.82, 2.24) is 4.31 Å². The monoisotopic (exact) mass is 366 g/mol. The van der Waals surface area contributed by atoms with Gasteiger partial charge in [-0.05, 0) is 0 Å². The molecule has 10 nitrogen and oxygen atoms in total. The molecule has 1 aromatic carbocycles. The first-order valence-corrected chi connectivity index (χ1v) is 8.75. The Morgan fingerprint density at radius 3 is 3.00 bits per heavy atom. The Labute approximate surface area is 144 Å². The van der Waals surface area contributed by atoms with Gasteiger partial charge in [0.1, 0.15) is 0 Å². The van der Waals surface area contributed by atoms with Crippen LogP contribution in [0.3, 0.4) is 0 Å². The summed E-state index contributed by atoms with van der Waals surface area (Å²) >= 11 is 0. The average Bonchev–Trinajstić information content (AvgIpc) is 2.58. The predicted molar refractivity (Wildman–Crippen MR) is 89.1 cm³/mol. The Morgan fingerprint density at radius 1 is 1.64 bits per heavy atom. The average molecular weight is 366 g/mol. The molecule has 0 saturated carbocycles. The maximum absolute atomic E-state index is 12.5. The molecule has 0 fully saturated rings. The van der Waals surface area contributed by atoms with Gasteiger partial charge in [0.15, 0.2) is 0 Å². The molecule has 25 heavy (non-hydrogen) atoms. The van der Waals surface area contributed by atoms with Gasteiger partial charge in [-0.3, -0.25) is 0 Å². The third-order valence-corrected chi connectivity index (χ3v) is 5.66. The molecule has 1 aromatic rings. The molecule has 0 aliphatic carbocycles. The van der Waals surface area contributed by atoms with Gasteiger partial charge in [0.25, 0.3) is 0 Å². The van der Waals surface area contributed by atoms with Gasteiger partial charge < -0.3 is 0 Å². The topological polar surface area (TPSA) is 149 Å². The number of nitro benzene ring substituents is 1. The van der Waals surface area contributed by atoms with Gasteiger partial charge in [-0.15, -0.1) is 0 Å². The van der Waals surface area contributed by atoms with Crippen molar-refractivity contribution in [2.24, 2.45) is 5.73 Å². The minimum atomic E-state index is -3.84. The van der Waals surface area contributed by atoms with E-state index in [1.807, 2.05) is 0 Å².